The molecule has 0 saturated carbocycles. The zero-order chi connectivity index (χ0) is 22.8. The maximum absolute atomic E-state index is 12.7. The summed E-state index contributed by atoms with van der Waals surface area (Å²) in [5, 5.41) is 0. The largest absolute Gasteiger partial charge is 0.341 e. The van der Waals surface area contributed by atoms with Gasteiger partial charge in [-0.25, -0.2) is 17.7 Å². The topological polar surface area (TPSA) is 75.5 Å². The van der Waals surface area contributed by atoms with E-state index in [1.807, 2.05) is 49.7 Å². The van der Waals surface area contributed by atoms with Gasteiger partial charge in [-0.2, -0.15) is 0 Å². The minimum atomic E-state index is -3.53. The van der Waals surface area contributed by atoms with Crippen LogP contribution >= 0.6 is 0 Å². The molecule has 166 valence electrons. The Labute approximate surface area is 184 Å². The van der Waals surface area contributed by atoms with Gasteiger partial charge >= 0.3 is 0 Å². The van der Waals surface area contributed by atoms with E-state index >= 15 is 0 Å². The number of hydrogen-bond donors (Lipinski definition) is 0. The molecule has 0 radical (unpaired) electrons. The lowest BCUT2D eigenvalue weighted by Crippen LogP contribution is -2.27. The summed E-state index contributed by atoms with van der Waals surface area (Å²) >= 11 is 0. The summed E-state index contributed by atoms with van der Waals surface area (Å²) in [5.74, 6) is 0.836. The van der Waals surface area contributed by atoms with Gasteiger partial charge in [-0.15, -0.1) is 0 Å². The van der Waals surface area contributed by atoms with E-state index < -0.39 is 10.0 Å². The Bertz CT molecular complexity index is 1200. The minimum Gasteiger partial charge on any atom is -0.341 e. The van der Waals surface area contributed by atoms with Crippen LogP contribution in [-0.2, 0) is 34.3 Å². The average Bonchev–Trinajstić information content (AvgIpc) is 3.10. The summed E-state index contributed by atoms with van der Waals surface area (Å²) in [5.41, 5.74) is 3.79. The Morgan fingerprint density at radius 2 is 1.81 bits per heavy atom. The summed E-state index contributed by atoms with van der Waals surface area (Å²) in [6.07, 6.45) is 0.837. The van der Waals surface area contributed by atoms with Crippen molar-refractivity contribution >= 4 is 27.0 Å². The second kappa shape index (κ2) is 9.20. The van der Waals surface area contributed by atoms with Crippen LogP contribution in [0.1, 0.15) is 30.3 Å². The van der Waals surface area contributed by atoms with Crippen LogP contribution in [0.4, 0.5) is 0 Å². The summed E-state index contributed by atoms with van der Waals surface area (Å²) < 4.78 is 28.1. The summed E-state index contributed by atoms with van der Waals surface area (Å²) in [6.45, 7) is 5.32. The predicted octanol–water partition coefficient (Wildman–Crippen LogP) is 3.21. The Kier molecular flexibility index (Phi) is 6.81. The van der Waals surface area contributed by atoms with Crippen molar-refractivity contribution in [2.75, 3.05) is 21.1 Å². The molecule has 0 aliphatic rings. The lowest BCUT2D eigenvalue weighted by Gasteiger charge is -2.18. The van der Waals surface area contributed by atoms with Crippen LogP contribution < -0.4 is 0 Å². The molecule has 0 bridgehead atoms. The maximum atomic E-state index is 12.7. The highest BCUT2D eigenvalue weighted by molar-refractivity contribution is 7.89. The number of amides is 1. The lowest BCUT2D eigenvalue weighted by atomic mass is 10.1. The number of rotatable bonds is 8. The smallest absolute Gasteiger partial charge is 0.242 e. The van der Waals surface area contributed by atoms with Gasteiger partial charge in [0.15, 0.2) is 0 Å². The van der Waals surface area contributed by atoms with Gasteiger partial charge in [0.25, 0.3) is 0 Å². The van der Waals surface area contributed by atoms with Crippen molar-refractivity contribution in [1.29, 1.82) is 0 Å². The predicted molar refractivity (Wildman–Crippen MR) is 122 cm³/mol. The van der Waals surface area contributed by atoms with Gasteiger partial charge < -0.3 is 9.47 Å². The highest BCUT2D eigenvalue weighted by atomic mass is 32.2. The molecule has 7 nitrogen and oxygen atoms in total. The van der Waals surface area contributed by atoms with E-state index in [4.69, 9.17) is 0 Å². The van der Waals surface area contributed by atoms with Gasteiger partial charge in [0.2, 0.25) is 15.9 Å². The first kappa shape index (κ1) is 23.0. The number of benzene rings is 2. The zero-order valence-corrected chi connectivity index (χ0v) is 19.6. The summed E-state index contributed by atoms with van der Waals surface area (Å²) in [6, 6.07) is 13.1. The number of carbonyl (C=O) groups excluding carboxylic acids is 1. The van der Waals surface area contributed by atoms with Crippen molar-refractivity contribution in [2.45, 2.75) is 44.7 Å². The molecule has 0 aliphatic carbocycles. The number of aromatic nitrogens is 2. The normalized spacial score (nSPS) is 11.9. The SMILES string of the molecule is CCn1c(CCC(=O)N(C)Cc2ccccc2C)nc2cc(S(=O)(=O)N(C)C)ccc21. The first-order valence-electron chi connectivity index (χ1n) is 10.3. The molecular formula is C23H30N4O3S. The van der Waals surface area contributed by atoms with Crippen molar-refractivity contribution in [1.82, 2.24) is 18.8 Å². The van der Waals surface area contributed by atoms with Crippen LogP contribution in [0.25, 0.3) is 11.0 Å². The molecule has 1 amide bonds. The number of nitrogens with zero attached hydrogens (tertiary/aromatic N) is 4. The van der Waals surface area contributed by atoms with E-state index in [9.17, 15) is 13.2 Å². The average molecular weight is 443 g/mol. The van der Waals surface area contributed by atoms with Gasteiger partial charge in [-0.05, 0) is 43.2 Å². The monoisotopic (exact) mass is 442 g/mol. The number of fused-ring (bicyclic) bond motifs is 1. The van der Waals surface area contributed by atoms with Crippen LogP contribution in [-0.4, -0.2) is 54.2 Å². The fourth-order valence-electron chi connectivity index (χ4n) is 3.62. The lowest BCUT2D eigenvalue weighted by molar-refractivity contribution is -0.130. The maximum Gasteiger partial charge on any atom is 0.242 e. The molecule has 0 aliphatic heterocycles. The molecule has 0 N–H and O–H groups in total. The molecule has 0 atom stereocenters. The fraction of sp³-hybridized carbons (Fsp3) is 0.391. The molecule has 1 aromatic heterocycles. The van der Waals surface area contributed by atoms with Crippen molar-refractivity contribution in [3.05, 3.63) is 59.4 Å². The van der Waals surface area contributed by atoms with E-state index in [-0.39, 0.29) is 10.8 Å². The molecule has 8 heteroatoms. The Hall–Kier alpha value is -2.71. The molecule has 3 rings (SSSR count). The number of imidazole rings is 1. The molecule has 2 aromatic carbocycles. The molecular weight excluding hydrogens is 412 g/mol. The van der Waals surface area contributed by atoms with Crippen molar-refractivity contribution < 1.29 is 13.2 Å². The van der Waals surface area contributed by atoms with E-state index in [0.717, 1.165) is 16.9 Å². The van der Waals surface area contributed by atoms with E-state index in [1.165, 1.54) is 24.0 Å². The number of carbonyl (C=O) groups is 1. The van der Waals surface area contributed by atoms with E-state index in [0.29, 0.717) is 31.4 Å². The summed E-state index contributed by atoms with van der Waals surface area (Å²) in [7, 11) is 1.31. The molecule has 1 heterocycles. The fourth-order valence-corrected chi connectivity index (χ4v) is 4.54. The Morgan fingerprint density at radius 1 is 1.10 bits per heavy atom. The van der Waals surface area contributed by atoms with Crippen LogP contribution in [0.3, 0.4) is 0 Å². The van der Waals surface area contributed by atoms with Crippen molar-refractivity contribution in [3.63, 3.8) is 0 Å². The van der Waals surface area contributed by atoms with Crippen molar-refractivity contribution in [3.8, 4) is 0 Å². The van der Waals surface area contributed by atoms with Crippen LogP contribution in [0.5, 0.6) is 0 Å². The number of aryl methyl sites for hydroxylation is 3. The third-order valence-electron chi connectivity index (χ3n) is 5.55. The number of hydrogen-bond acceptors (Lipinski definition) is 4. The first-order chi connectivity index (χ1) is 14.6. The third kappa shape index (κ3) is 4.80. The molecule has 0 fully saturated rings. The molecule has 0 unspecified atom stereocenters. The van der Waals surface area contributed by atoms with Gasteiger partial charge in [0, 0.05) is 47.1 Å². The van der Waals surface area contributed by atoms with Crippen LogP contribution in [0.15, 0.2) is 47.4 Å². The van der Waals surface area contributed by atoms with Gasteiger partial charge in [-0.1, -0.05) is 24.3 Å². The second-order valence-corrected chi connectivity index (χ2v) is 10.0. The highest BCUT2D eigenvalue weighted by Gasteiger charge is 2.20. The standard InChI is InChI=1S/C23H30N4O3S/c1-6-27-21-12-11-19(31(29,30)25(3)4)15-20(21)24-22(27)13-14-23(28)26(5)16-18-10-8-7-9-17(18)2/h7-12,15H,6,13-14,16H2,1-5H3. The van der Waals surface area contributed by atoms with Gasteiger partial charge in [-0.3, -0.25) is 4.79 Å². The molecule has 0 spiro atoms. The van der Waals surface area contributed by atoms with Crippen LogP contribution in [0.2, 0.25) is 0 Å². The molecule has 3 aromatic rings. The second-order valence-electron chi connectivity index (χ2n) is 7.89. The summed E-state index contributed by atoms with van der Waals surface area (Å²) in [4.78, 5) is 19.3. The third-order valence-corrected chi connectivity index (χ3v) is 7.36. The van der Waals surface area contributed by atoms with E-state index in [2.05, 4.69) is 4.98 Å². The van der Waals surface area contributed by atoms with E-state index in [1.54, 1.807) is 23.1 Å². The Morgan fingerprint density at radius 3 is 2.45 bits per heavy atom. The highest BCUT2D eigenvalue weighted by Crippen LogP contribution is 2.23. The van der Waals surface area contributed by atoms with Gasteiger partial charge in [0.1, 0.15) is 5.82 Å². The first-order valence-corrected chi connectivity index (χ1v) is 11.8. The number of sulfonamides is 1. The minimum absolute atomic E-state index is 0.0498. The van der Waals surface area contributed by atoms with Crippen LogP contribution in [0, 0.1) is 6.92 Å². The zero-order valence-electron chi connectivity index (χ0n) is 18.8. The van der Waals surface area contributed by atoms with Crippen molar-refractivity contribution in [2.24, 2.45) is 0 Å². The molecule has 0 saturated heterocycles. The quantitative estimate of drug-likeness (QED) is 0.537. The van der Waals surface area contributed by atoms with Gasteiger partial charge in [0.05, 0.1) is 15.9 Å². The Balaban J connectivity index is 1.78. The molecule has 31 heavy (non-hydrogen) atoms.